The van der Waals surface area contributed by atoms with Crippen LogP contribution in [0, 0.1) is 6.92 Å². The SMILES string of the molecule is Cc1ccc(CN2CCC[C@](O)(CO)C2)c2ccccc12. The lowest BCUT2D eigenvalue weighted by atomic mass is 9.93. The van der Waals surface area contributed by atoms with Crippen LogP contribution in [0.25, 0.3) is 10.8 Å². The fourth-order valence-corrected chi connectivity index (χ4v) is 3.36. The van der Waals surface area contributed by atoms with Gasteiger partial charge in [-0.15, -0.1) is 0 Å². The Morgan fingerprint density at radius 2 is 1.90 bits per heavy atom. The molecular formula is C18H23NO2. The van der Waals surface area contributed by atoms with Crippen molar-refractivity contribution in [2.75, 3.05) is 19.7 Å². The molecule has 0 saturated carbocycles. The van der Waals surface area contributed by atoms with E-state index in [4.69, 9.17) is 0 Å². The predicted molar refractivity (Wildman–Crippen MR) is 85.2 cm³/mol. The highest BCUT2D eigenvalue weighted by molar-refractivity contribution is 5.88. The first-order valence-electron chi connectivity index (χ1n) is 7.64. The number of hydrogen-bond donors (Lipinski definition) is 2. The van der Waals surface area contributed by atoms with Gasteiger partial charge in [-0.05, 0) is 48.2 Å². The zero-order valence-corrected chi connectivity index (χ0v) is 12.5. The minimum Gasteiger partial charge on any atom is -0.393 e. The predicted octanol–water partition coefficient (Wildman–Crippen LogP) is 2.47. The van der Waals surface area contributed by atoms with Gasteiger partial charge in [0, 0.05) is 13.1 Å². The summed E-state index contributed by atoms with van der Waals surface area (Å²) in [4.78, 5) is 2.25. The Hall–Kier alpha value is -1.42. The molecule has 0 spiro atoms. The van der Waals surface area contributed by atoms with Crippen LogP contribution in [0.4, 0.5) is 0 Å². The molecule has 1 fully saturated rings. The topological polar surface area (TPSA) is 43.7 Å². The summed E-state index contributed by atoms with van der Waals surface area (Å²) >= 11 is 0. The first-order valence-corrected chi connectivity index (χ1v) is 7.64. The maximum Gasteiger partial charge on any atom is 0.100 e. The molecule has 0 unspecified atom stereocenters. The Labute approximate surface area is 125 Å². The lowest BCUT2D eigenvalue weighted by molar-refractivity contribution is -0.0686. The summed E-state index contributed by atoms with van der Waals surface area (Å²) < 4.78 is 0. The molecule has 0 aliphatic carbocycles. The van der Waals surface area contributed by atoms with Crippen LogP contribution in [-0.4, -0.2) is 40.4 Å². The van der Waals surface area contributed by atoms with E-state index in [9.17, 15) is 10.2 Å². The van der Waals surface area contributed by atoms with E-state index in [0.29, 0.717) is 13.0 Å². The van der Waals surface area contributed by atoms with Gasteiger partial charge in [-0.1, -0.05) is 36.4 Å². The second-order valence-electron chi connectivity index (χ2n) is 6.28. The lowest BCUT2D eigenvalue weighted by Gasteiger charge is -2.38. The number of aryl methyl sites for hydroxylation is 1. The van der Waals surface area contributed by atoms with E-state index in [2.05, 4.69) is 48.2 Å². The van der Waals surface area contributed by atoms with Gasteiger partial charge in [0.25, 0.3) is 0 Å². The van der Waals surface area contributed by atoms with Crippen LogP contribution in [-0.2, 0) is 6.54 Å². The molecular weight excluding hydrogens is 262 g/mol. The molecule has 1 aliphatic rings. The van der Waals surface area contributed by atoms with Crippen LogP contribution in [0.15, 0.2) is 36.4 Å². The molecule has 21 heavy (non-hydrogen) atoms. The number of piperidine rings is 1. The van der Waals surface area contributed by atoms with E-state index in [0.717, 1.165) is 19.5 Å². The standard InChI is InChI=1S/C18H23NO2/c1-14-7-8-15(17-6-3-2-5-16(14)17)11-19-10-4-9-18(21,12-19)13-20/h2-3,5-8,20-21H,4,9-13H2,1H3/t18-/m1/s1. The molecule has 1 saturated heterocycles. The zero-order valence-electron chi connectivity index (χ0n) is 12.5. The molecule has 3 nitrogen and oxygen atoms in total. The summed E-state index contributed by atoms with van der Waals surface area (Å²) in [5.41, 5.74) is 1.65. The van der Waals surface area contributed by atoms with Gasteiger partial charge in [-0.25, -0.2) is 0 Å². The van der Waals surface area contributed by atoms with E-state index >= 15 is 0 Å². The normalized spacial score (nSPS) is 23.6. The minimum atomic E-state index is -0.932. The molecule has 0 amide bonds. The van der Waals surface area contributed by atoms with Gasteiger partial charge in [-0.2, -0.15) is 0 Å². The molecule has 1 atom stereocenters. The summed E-state index contributed by atoms with van der Waals surface area (Å²) in [6.45, 7) is 4.33. The first kappa shape index (κ1) is 14.5. The number of nitrogens with zero attached hydrogens (tertiary/aromatic N) is 1. The molecule has 112 valence electrons. The quantitative estimate of drug-likeness (QED) is 0.910. The van der Waals surface area contributed by atoms with Gasteiger partial charge in [-0.3, -0.25) is 4.90 Å². The van der Waals surface area contributed by atoms with Crippen molar-refractivity contribution in [3.05, 3.63) is 47.5 Å². The highest BCUT2D eigenvalue weighted by Gasteiger charge is 2.32. The Morgan fingerprint density at radius 3 is 2.67 bits per heavy atom. The summed E-state index contributed by atoms with van der Waals surface area (Å²) in [5, 5.41) is 22.2. The number of β-amino-alcohol motifs (C(OH)–C–C–N with tert-alkyl or cyclic N) is 1. The highest BCUT2D eigenvalue weighted by Crippen LogP contribution is 2.26. The number of hydrogen-bond acceptors (Lipinski definition) is 3. The third-order valence-electron chi connectivity index (χ3n) is 4.56. The van der Waals surface area contributed by atoms with Crippen LogP contribution < -0.4 is 0 Å². The second-order valence-corrected chi connectivity index (χ2v) is 6.28. The van der Waals surface area contributed by atoms with Crippen LogP contribution >= 0.6 is 0 Å². The van der Waals surface area contributed by atoms with Crippen LogP contribution in [0.3, 0.4) is 0 Å². The average molecular weight is 285 g/mol. The molecule has 1 aliphatic heterocycles. The summed E-state index contributed by atoms with van der Waals surface area (Å²) in [5.74, 6) is 0. The monoisotopic (exact) mass is 285 g/mol. The van der Waals surface area contributed by atoms with Crippen molar-refractivity contribution < 1.29 is 10.2 Å². The number of aliphatic hydroxyl groups excluding tert-OH is 1. The van der Waals surface area contributed by atoms with Gasteiger partial charge in [0.15, 0.2) is 0 Å². The molecule has 3 rings (SSSR count). The Balaban J connectivity index is 1.87. The van der Waals surface area contributed by atoms with Crippen molar-refractivity contribution in [1.29, 1.82) is 0 Å². The molecule has 0 aromatic heterocycles. The third-order valence-corrected chi connectivity index (χ3v) is 4.56. The largest absolute Gasteiger partial charge is 0.393 e. The maximum atomic E-state index is 10.3. The number of rotatable bonds is 3. The van der Waals surface area contributed by atoms with Gasteiger partial charge in [0.05, 0.1) is 6.61 Å². The van der Waals surface area contributed by atoms with Gasteiger partial charge < -0.3 is 10.2 Å². The second kappa shape index (κ2) is 5.76. The molecule has 0 bridgehead atoms. The summed E-state index contributed by atoms with van der Waals surface area (Å²) in [7, 11) is 0. The smallest absolute Gasteiger partial charge is 0.100 e. The van der Waals surface area contributed by atoms with Gasteiger partial charge in [0.1, 0.15) is 5.60 Å². The van der Waals surface area contributed by atoms with Crippen molar-refractivity contribution in [2.24, 2.45) is 0 Å². The van der Waals surface area contributed by atoms with Crippen molar-refractivity contribution in [1.82, 2.24) is 4.90 Å². The van der Waals surface area contributed by atoms with E-state index in [1.54, 1.807) is 0 Å². The lowest BCUT2D eigenvalue weighted by Crippen LogP contribution is -2.50. The van der Waals surface area contributed by atoms with Gasteiger partial charge in [0.2, 0.25) is 0 Å². The Morgan fingerprint density at radius 1 is 1.14 bits per heavy atom. The van der Waals surface area contributed by atoms with Crippen LogP contribution in [0.1, 0.15) is 24.0 Å². The van der Waals surface area contributed by atoms with Crippen molar-refractivity contribution >= 4 is 10.8 Å². The molecule has 2 aromatic rings. The zero-order chi connectivity index (χ0) is 14.9. The van der Waals surface area contributed by atoms with Crippen LogP contribution in [0.2, 0.25) is 0 Å². The average Bonchev–Trinajstić information content (AvgIpc) is 2.51. The number of fused-ring (bicyclic) bond motifs is 1. The third kappa shape index (κ3) is 2.95. The molecule has 2 aromatic carbocycles. The van der Waals surface area contributed by atoms with Crippen molar-refractivity contribution in [3.63, 3.8) is 0 Å². The Kier molecular flexibility index (Phi) is 3.98. The molecule has 2 N–H and O–H groups in total. The maximum absolute atomic E-state index is 10.3. The van der Waals surface area contributed by atoms with E-state index in [1.807, 2.05) is 0 Å². The van der Waals surface area contributed by atoms with E-state index in [1.165, 1.54) is 21.9 Å². The van der Waals surface area contributed by atoms with Crippen LogP contribution in [0.5, 0.6) is 0 Å². The number of likely N-dealkylation sites (tertiary alicyclic amines) is 1. The number of aliphatic hydroxyl groups is 2. The molecule has 0 radical (unpaired) electrons. The molecule has 3 heteroatoms. The van der Waals surface area contributed by atoms with E-state index in [-0.39, 0.29) is 6.61 Å². The number of benzene rings is 2. The van der Waals surface area contributed by atoms with Crippen molar-refractivity contribution in [3.8, 4) is 0 Å². The van der Waals surface area contributed by atoms with Gasteiger partial charge >= 0.3 is 0 Å². The van der Waals surface area contributed by atoms with E-state index < -0.39 is 5.60 Å². The highest BCUT2D eigenvalue weighted by atomic mass is 16.3. The minimum absolute atomic E-state index is 0.155. The summed E-state index contributed by atoms with van der Waals surface area (Å²) in [6, 6.07) is 12.8. The van der Waals surface area contributed by atoms with Crippen molar-refractivity contribution in [2.45, 2.75) is 31.9 Å². The molecule has 1 heterocycles. The fraction of sp³-hybridized carbons (Fsp3) is 0.444. The fourth-order valence-electron chi connectivity index (χ4n) is 3.36. The first-order chi connectivity index (χ1) is 10.1. The Bertz CT molecular complexity index is 640. The summed E-state index contributed by atoms with van der Waals surface area (Å²) in [6.07, 6.45) is 1.62.